The first kappa shape index (κ1) is 9.54. The van der Waals surface area contributed by atoms with Gasteiger partial charge in [-0.1, -0.05) is 11.6 Å². The van der Waals surface area contributed by atoms with E-state index in [1.165, 1.54) is 18.2 Å². The van der Waals surface area contributed by atoms with Gasteiger partial charge in [0.25, 0.3) is 0 Å². The van der Waals surface area contributed by atoms with Crippen molar-refractivity contribution in [3.8, 4) is 0 Å². The first-order valence-electron chi connectivity index (χ1n) is 3.35. The van der Waals surface area contributed by atoms with Gasteiger partial charge in [0.15, 0.2) is 0 Å². The van der Waals surface area contributed by atoms with E-state index in [0.717, 1.165) is 0 Å². The molecule has 3 N–H and O–H groups in total. The molecule has 0 atom stereocenters. The van der Waals surface area contributed by atoms with E-state index in [2.05, 4.69) is 0 Å². The Bertz CT molecular complexity index is 376. The van der Waals surface area contributed by atoms with Crippen LogP contribution in [0.15, 0.2) is 18.2 Å². The molecule has 0 saturated heterocycles. The van der Waals surface area contributed by atoms with Crippen molar-refractivity contribution in [3.05, 3.63) is 34.3 Å². The summed E-state index contributed by atoms with van der Waals surface area (Å²) < 4.78 is 0. The molecule has 1 aromatic carbocycles. The molecule has 0 saturated carbocycles. The van der Waals surface area contributed by atoms with Gasteiger partial charge in [-0.15, -0.1) is 0 Å². The fourth-order valence-electron chi connectivity index (χ4n) is 0.842. The third-order valence-corrected chi connectivity index (χ3v) is 1.80. The SMILES string of the molecule is NC(=O)c1ccc(C(=O)O)c(Cl)c1. The van der Waals surface area contributed by atoms with E-state index in [0.29, 0.717) is 0 Å². The van der Waals surface area contributed by atoms with E-state index in [9.17, 15) is 9.59 Å². The van der Waals surface area contributed by atoms with Crippen LogP contribution < -0.4 is 5.73 Å². The van der Waals surface area contributed by atoms with Crippen molar-refractivity contribution in [1.29, 1.82) is 0 Å². The van der Waals surface area contributed by atoms with Crippen LogP contribution in [-0.4, -0.2) is 17.0 Å². The molecular weight excluding hydrogens is 194 g/mol. The Kier molecular flexibility index (Phi) is 2.53. The van der Waals surface area contributed by atoms with Crippen LogP contribution >= 0.6 is 11.6 Å². The standard InChI is InChI=1S/C8H6ClNO3/c9-6-3-4(7(10)11)1-2-5(6)8(12)13/h1-3H,(H2,10,11)(H,12,13). The third kappa shape index (κ3) is 1.97. The number of carbonyl (C=O) groups excluding carboxylic acids is 1. The molecule has 0 radical (unpaired) electrons. The minimum Gasteiger partial charge on any atom is -0.478 e. The van der Waals surface area contributed by atoms with Crippen molar-refractivity contribution < 1.29 is 14.7 Å². The van der Waals surface area contributed by atoms with Gasteiger partial charge in [-0.05, 0) is 18.2 Å². The molecule has 1 rings (SSSR count). The van der Waals surface area contributed by atoms with Crippen LogP contribution in [-0.2, 0) is 0 Å². The van der Waals surface area contributed by atoms with Crippen molar-refractivity contribution >= 4 is 23.5 Å². The summed E-state index contributed by atoms with van der Waals surface area (Å²) in [5, 5.41) is 8.60. The second-order valence-electron chi connectivity index (χ2n) is 2.36. The first-order valence-corrected chi connectivity index (χ1v) is 3.73. The number of hydrogen-bond donors (Lipinski definition) is 2. The molecule has 5 heteroatoms. The zero-order chi connectivity index (χ0) is 10.0. The largest absolute Gasteiger partial charge is 0.478 e. The highest BCUT2D eigenvalue weighted by Gasteiger charge is 2.10. The monoisotopic (exact) mass is 199 g/mol. The van der Waals surface area contributed by atoms with Gasteiger partial charge in [0.1, 0.15) is 0 Å². The Labute approximate surface area is 78.9 Å². The lowest BCUT2D eigenvalue weighted by molar-refractivity contribution is 0.0696. The number of benzene rings is 1. The number of carboxylic acid groups (broad SMARTS) is 1. The number of hydrogen-bond acceptors (Lipinski definition) is 2. The van der Waals surface area contributed by atoms with E-state index in [1.54, 1.807) is 0 Å². The summed E-state index contributed by atoms with van der Waals surface area (Å²) in [6.07, 6.45) is 0. The predicted octanol–water partition coefficient (Wildman–Crippen LogP) is 1.14. The van der Waals surface area contributed by atoms with E-state index in [1.807, 2.05) is 0 Å². The Morgan fingerprint density at radius 2 is 2.00 bits per heavy atom. The molecule has 4 nitrogen and oxygen atoms in total. The molecule has 0 heterocycles. The van der Waals surface area contributed by atoms with Gasteiger partial charge >= 0.3 is 5.97 Å². The number of aromatic carboxylic acids is 1. The van der Waals surface area contributed by atoms with Gasteiger partial charge in [-0.2, -0.15) is 0 Å². The molecule has 1 amide bonds. The fraction of sp³-hybridized carbons (Fsp3) is 0. The molecular formula is C8H6ClNO3. The minimum absolute atomic E-state index is 0.00352. The maximum absolute atomic E-state index is 10.7. The van der Waals surface area contributed by atoms with Crippen molar-refractivity contribution in [2.24, 2.45) is 5.73 Å². The second kappa shape index (κ2) is 3.45. The number of nitrogens with two attached hydrogens (primary N) is 1. The highest BCUT2D eigenvalue weighted by molar-refractivity contribution is 6.33. The Hall–Kier alpha value is -1.55. The highest BCUT2D eigenvalue weighted by atomic mass is 35.5. The normalized spacial score (nSPS) is 9.62. The average Bonchev–Trinajstić information content (AvgIpc) is 2.03. The van der Waals surface area contributed by atoms with Gasteiger partial charge in [-0.3, -0.25) is 4.79 Å². The lowest BCUT2D eigenvalue weighted by atomic mass is 10.1. The molecule has 0 unspecified atom stereocenters. The molecule has 0 spiro atoms. The van der Waals surface area contributed by atoms with E-state index in [-0.39, 0.29) is 16.1 Å². The van der Waals surface area contributed by atoms with Gasteiger partial charge in [0.2, 0.25) is 5.91 Å². The molecule has 13 heavy (non-hydrogen) atoms. The van der Waals surface area contributed by atoms with Crippen LogP contribution in [0.4, 0.5) is 0 Å². The van der Waals surface area contributed by atoms with Gasteiger partial charge in [-0.25, -0.2) is 4.79 Å². The number of primary amides is 1. The van der Waals surface area contributed by atoms with Crippen molar-refractivity contribution in [2.45, 2.75) is 0 Å². The summed E-state index contributed by atoms with van der Waals surface area (Å²) in [7, 11) is 0. The zero-order valence-corrected chi connectivity index (χ0v) is 7.21. The fourth-order valence-corrected chi connectivity index (χ4v) is 1.10. The van der Waals surface area contributed by atoms with Gasteiger partial charge < -0.3 is 10.8 Å². The molecule has 1 aromatic rings. The van der Waals surface area contributed by atoms with Crippen LogP contribution in [0.2, 0.25) is 5.02 Å². The Balaban J connectivity index is 3.20. The number of halogens is 1. The second-order valence-corrected chi connectivity index (χ2v) is 2.77. The molecule has 0 bridgehead atoms. The highest BCUT2D eigenvalue weighted by Crippen LogP contribution is 2.17. The van der Waals surface area contributed by atoms with Crippen molar-refractivity contribution in [1.82, 2.24) is 0 Å². The van der Waals surface area contributed by atoms with Crippen LogP contribution in [0.25, 0.3) is 0 Å². The number of rotatable bonds is 2. The van der Waals surface area contributed by atoms with Crippen molar-refractivity contribution in [3.63, 3.8) is 0 Å². The quantitative estimate of drug-likeness (QED) is 0.750. The van der Waals surface area contributed by atoms with E-state index in [4.69, 9.17) is 22.4 Å². The smallest absolute Gasteiger partial charge is 0.337 e. The van der Waals surface area contributed by atoms with E-state index < -0.39 is 11.9 Å². The minimum atomic E-state index is -1.14. The Morgan fingerprint density at radius 3 is 2.38 bits per heavy atom. The van der Waals surface area contributed by atoms with Crippen LogP contribution in [0, 0.1) is 0 Å². The molecule has 0 aromatic heterocycles. The zero-order valence-electron chi connectivity index (χ0n) is 6.45. The lowest BCUT2D eigenvalue weighted by Crippen LogP contribution is -2.11. The maximum Gasteiger partial charge on any atom is 0.337 e. The predicted molar refractivity (Wildman–Crippen MR) is 46.9 cm³/mol. The number of carbonyl (C=O) groups is 2. The number of carboxylic acids is 1. The van der Waals surface area contributed by atoms with Crippen LogP contribution in [0.5, 0.6) is 0 Å². The van der Waals surface area contributed by atoms with Gasteiger partial charge in [0, 0.05) is 5.56 Å². The number of amides is 1. The summed E-state index contributed by atoms with van der Waals surface area (Å²) in [4.78, 5) is 21.2. The van der Waals surface area contributed by atoms with E-state index >= 15 is 0 Å². The first-order chi connectivity index (χ1) is 6.02. The molecule has 68 valence electrons. The van der Waals surface area contributed by atoms with Crippen LogP contribution in [0.3, 0.4) is 0 Å². The summed E-state index contributed by atoms with van der Waals surface area (Å²) in [5.41, 5.74) is 5.10. The molecule has 0 aliphatic carbocycles. The molecule has 0 aliphatic heterocycles. The van der Waals surface area contributed by atoms with Crippen molar-refractivity contribution in [2.75, 3.05) is 0 Å². The molecule has 0 aliphatic rings. The summed E-state index contributed by atoms with van der Waals surface area (Å²) in [6.45, 7) is 0. The maximum atomic E-state index is 10.7. The van der Waals surface area contributed by atoms with Crippen LogP contribution in [0.1, 0.15) is 20.7 Å². The Morgan fingerprint density at radius 1 is 1.38 bits per heavy atom. The average molecular weight is 200 g/mol. The third-order valence-electron chi connectivity index (χ3n) is 1.48. The lowest BCUT2D eigenvalue weighted by Gasteiger charge is -1.99. The summed E-state index contributed by atoms with van der Waals surface area (Å²) >= 11 is 5.58. The molecule has 0 fully saturated rings. The van der Waals surface area contributed by atoms with Gasteiger partial charge in [0.05, 0.1) is 10.6 Å². The summed E-state index contributed by atoms with van der Waals surface area (Å²) in [6, 6.07) is 3.79. The summed E-state index contributed by atoms with van der Waals surface area (Å²) in [5.74, 6) is -1.78. The topological polar surface area (TPSA) is 80.4 Å².